The molecule has 0 saturated heterocycles. The summed E-state index contributed by atoms with van der Waals surface area (Å²) in [5.74, 6) is 0.668. The Morgan fingerprint density at radius 1 is 1.29 bits per heavy atom. The Labute approximate surface area is 80.9 Å². The number of rotatable bonds is 1. The summed E-state index contributed by atoms with van der Waals surface area (Å²) in [6.45, 7) is 0. The monoisotopic (exact) mass is 186 g/mol. The van der Waals surface area contributed by atoms with Crippen LogP contribution in [0.1, 0.15) is 17.4 Å². The van der Waals surface area contributed by atoms with Crippen LogP contribution < -0.4 is 5.32 Å². The molecular formula is C10H8N3O. The summed E-state index contributed by atoms with van der Waals surface area (Å²) in [6, 6.07) is 8.13. The number of fused-ring (bicyclic) bond motifs is 1. The van der Waals surface area contributed by atoms with E-state index in [2.05, 4.69) is 21.5 Å². The molecule has 1 aromatic carbocycles. The molecule has 2 heterocycles. The van der Waals surface area contributed by atoms with Crippen molar-refractivity contribution in [3.8, 4) is 0 Å². The fourth-order valence-corrected chi connectivity index (χ4v) is 1.71. The van der Waals surface area contributed by atoms with Crippen LogP contribution in [0.25, 0.3) is 0 Å². The molecule has 1 aliphatic rings. The lowest BCUT2D eigenvalue weighted by molar-refractivity contribution is 0.402. The molecule has 0 N–H and O–H groups in total. The second-order valence-electron chi connectivity index (χ2n) is 3.27. The molecule has 4 heteroatoms. The van der Waals surface area contributed by atoms with E-state index in [1.807, 2.05) is 18.2 Å². The van der Waals surface area contributed by atoms with E-state index in [9.17, 15) is 0 Å². The third-order valence-electron chi connectivity index (χ3n) is 2.38. The van der Waals surface area contributed by atoms with Gasteiger partial charge in [-0.05, 0) is 11.6 Å². The van der Waals surface area contributed by atoms with Gasteiger partial charge >= 0.3 is 0 Å². The van der Waals surface area contributed by atoms with Gasteiger partial charge in [0.2, 0.25) is 6.39 Å². The first-order chi connectivity index (χ1) is 6.93. The maximum Gasteiger partial charge on any atom is 0.213 e. The molecule has 0 bridgehead atoms. The summed E-state index contributed by atoms with van der Waals surface area (Å²) in [6.07, 6.45) is 2.21. The average Bonchev–Trinajstić information content (AvgIpc) is 2.86. The SMILES string of the molecule is c1ccc2c(c1)CC(c1ncon1)[N]2. The molecular weight excluding hydrogens is 178 g/mol. The van der Waals surface area contributed by atoms with Crippen molar-refractivity contribution in [3.63, 3.8) is 0 Å². The Hall–Kier alpha value is -1.84. The van der Waals surface area contributed by atoms with Crippen molar-refractivity contribution in [3.05, 3.63) is 42.0 Å². The van der Waals surface area contributed by atoms with Crippen molar-refractivity contribution in [2.45, 2.75) is 12.5 Å². The number of aromatic nitrogens is 2. The summed E-state index contributed by atoms with van der Waals surface area (Å²) < 4.78 is 4.70. The van der Waals surface area contributed by atoms with E-state index >= 15 is 0 Å². The molecule has 14 heavy (non-hydrogen) atoms. The van der Waals surface area contributed by atoms with Crippen molar-refractivity contribution in [1.29, 1.82) is 0 Å². The zero-order valence-electron chi connectivity index (χ0n) is 7.42. The molecule has 1 aromatic heterocycles. The van der Waals surface area contributed by atoms with E-state index in [-0.39, 0.29) is 6.04 Å². The van der Waals surface area contributed by atoms with Crippen molar-refractivity contribution in [2.24, 2.45) is 0 Å². The van der Waals surface area contributed by atoms with E-state index in [1.165, 1.54) is 12.0 Å². The number of nitrogens with zero attached hydrogens (tertiary/aromatic N) is 3. The summed E-state index contributed by atoms with van der Waals surface area (Å²) in [5.41, 5.74) is 2.30. The summed E-state index contributed by atoms with van der Waals surface area (Å²) >= 11 is 0. The second kappa shape index (κ2) is 2.83. The highest BCUT2D eigenvalue weighted by Crippen LogP contribution is 2.32. The van der Waals surface area contributed by atoms with Crippen molar-refractivity contribution in [1.82, 2.24) is 15.5 Å². The van der Waals surface area contributed by atoms with Gasteiger partial charge in [0.15, 0.2) is 5.82 Å². The normalized spacial score (nSPS) is 19.0. The molecule has 0 saturated carbocycles. The minimum atomic E-state index is 0.0335. The van der Waals surface area contributed by atoms with Gasteiger partial charge in [0, 0.05) is 6.42 Å². The number of hydrogen-bond donors (Lipinski definition) is 0. The molecule has 3 rings (SSSR count). The Balaban J connectivity index is 1.92. The van der Waals surface area contributed by atoms with Gasteiger partial charge < -0.3 is 4.52 Å². The fourth-order valence-electron chi connectivity index (χ4n) is 1.71. The van der Waals surface area contributed by atoms with Crippen molar-refractivity contribution in [2.75, 3.05) is 0 Å². The van der Waals surface area contributed by atoms with Gasteiger partial charge in [-0.2, -0.15) is 4.98 Å². The van der Waals surface area contributed by atoms with Crippen LogP contribution in [-0.4, -0.2) is 10.1 Å². The lowest BCUT2D eigenvalue weighted by Gasteiger charge is -2.00. The maximum atomic E-state index is 4.70. The molecule has 1 atom stereocenters. The minimum Gasteiger partial charge on any atom is -0.343 e. The maximum absolute atomic E-state index is 4.70. The molecule has 0 spiro atoms. The standard InChI is InChI=1S/C10H8N3O/c1-2-4-8-7(3-1)5-9(12-8)10-11-6-14-13-10/h1-4,6,9H,5H2. The van der Waals surface area contributed by atoms with Crippen LogP contribution in [0.15, 0.2) is 35.2 Å². The van der Waals surface area contributed by atoms with Crippen LogP contribution in [0, 0.1) is 0 Å². The number of hydrogen-bond acceptors (Lipinski definition) is 3. The third-order valence-corrected chi connectivity index (χ3v) is 2.38. The van der Waals surface area contributed by atoms with Crippen LogP contribution in [-0.2, 0) is 6.42 Å². The first-order valence-corrected chi connectivity index (χ1v) is 4.48. The topological polar surface area (TPSA) is 53.0 Å². The summed E-state index contributed by atoms with van der Waals surface area (Å²) in [7, 11) is 0. The van der Waals surface area contributed by atoms with Crippen LogP contribution in [0.3, 0.4) is 0 Å². The molecule has 4 nitrogen and oxygen atoms in total. The number of para-hydroxylation sites is 1. The van der Waals surface area contributed by atoms with Crippen molar-refractivity contribution >= 4 is 5.69 Å². The molecule has 1 unspecified atom stereocenters. The van der Waals surface area contributed by atoms with Crippen LogP contribution in [0.5, 0.6) is 0 Å². The Morgan fingerprint density at radius 2 is 2.21 bits per heavy atom. The first kappa shape index (κ1) is 7.55. The zero-order chi connectivity index (χ0) is 9.38. The Bertz CT molecular complexity index is 413. The predicted molar refractivity (Wildman–Crippen MR) is 49.0 cm³/mol. The quantitative estimate of drug-likeness (QED) is 0.679. The highest BCUT2D eigenvalue weighted by Gasteiger charge is 2.26. The fraction of sp³-hybridized carbons (Fsp3) is 0.200. The molecule has 69 valence electrons. The smallest absolute Gasteiger partial charge is 0.213 e. The van der Waals surface area contributed by atoms with Gasteiger partial charge in [0.1, 0.15) is 6.04 Å². The summed E-state index contributed by atoms with van der Waals surface area (Å²) in [4.78, 5) is 4.01. The van der Waals surface area contributed by atoms with Crippen molar-refractivity contribution < 1.29 is 4.52 Å². The minimum absolute atomic E-state index is 0.0335. The van der Waals surface area contributed by atoms with E-state index < -0.39 is 0 Å². The molecule has 2 aromatic rings. The molecule has 1 radical (unpaired) electrons. The van der Waals surface area contributed by atoms with Crippen LogP contribution in [0.4, 0.5) is 5.69 Å². The summed E-state index contributed by atoms with van der Waals surface area (Å²) in [5, 5.41) is 8.31. The van der Waals surface area contributed by atoms with E-state index in [0.29, 0.717) is 5.82 Å². The predicted octanol–water partition coefficient (Wildman–Crippen LogP) is 1.60. The van der Waals surface area contributed by atoms with Gasteiger partial charge in [-0.1, -0.05) is 23.4 Å². The third kappa shape index (κ3) is 1.08. The van der Waals surface area contributed by atoms with Crippen LogP contribution >= 0.6 is 0 Å². The van der Waals surface area contributed by atoms with Gasteiger partial charge in [0.25, 0.3) is 0 Å². The van der Waals surface area contributed by atoms with E-state index in [0.717, 1.165) is 12.1 Å². The number of benzene rings is 1. The highest BCUT2D eigenvalue weighted by molar-refractivity contribution is 5.49. The van der Waals surface area contributed by atoms with Gasteiger partial charge in [-0.3, -0.25) is 5.32 Å². The van der Waals surface area contributed by atoms with E-state index in [4.69, 9.17) is 4.52 Å². The molecule has 0 fully saturated rings. The lowest BCUT2D eigenvalue weighted by atomic mass is 10.1. The van der Waals surface area contributed by atoms with Gasteiger partial charge in [-0.25, -0.2) is 0 Å². The molecule has 1 aliphatic heterocycles. The molecule has 0 amide bonds. The van der Waals surface area contributed by atoms with E-state index in [1.54, 1.807) is 0 Å². The average molecular weight is 186 g/mol. The Kier molecular flexibility index (Phi) is 1.53. The zero-order valence-corrected chi connectivity index (χ0v) is 7.42. The van der Waals surface area contributed by atoms with Crippen LogP contribution in [0.2, 0.25) is 0 Å². The first-order valence-electron chi connectivity index (χ1n) is 4.48. The molecule has 0 aliphatic carbocycles. The highest BCUT2D eigenvalue weighted by atomic mass is 16.5. The second-order valence-corrected chi connectivity index (χ2v) is 3.27. The van der Waals surface area contributed by atoms with Gasteiger partial charge in [0.05, 0.1) is 5.69 Å². The Morgan fingerprint density at radius 3 is 3.00 bits per heavy atom. The lowest BCUT2D eigenvalue weighted by Crippen LogP contribution is -2.06. The largest absolute Gasteiger partial charge is 0.343 e. The van der Waals surface area contributed by atoms with Gasteiger partial charge in [-0.15, -0.1) is 0 Å².